The lowest BCUT2D eigenvalue weighted by atomic mass is 9.94. The van der Waals surface area contributed by atoms with Crippen molar-refractivity contribution >= 4 is 11.6 Å². The number of piperidine rings is 1. The summed E-state index contributed by atoms with van der Waals surface area (Å²) < 4.78 is 1.49. The van der Waals surface area contributed by atoms with Gasteiger partial charge in [0.2, 0.25) is 5.91 Å². The summed E-state index contributed by atoms with van der Waals surface area (Å²) in [5, 5.41) is 4.38. The molecule has 0 unspecified atom stereocenters. The highest BCUT2D eigenvalue weighted by Crippen LogP contribution is 2.24. The van der Waals surface area contributed by atoms with Crippen molar-refractivity contribution < 1.29 is 4.79 Å². The van der Waals surface area contributed by atoms with Crippen LogP contribution in [0.15, 0.2) is 47.4 Å². The molecule has 0 saturated carbocycles. The number of carbonyl (C=O) groups excluding carboxylic acids is 1. The van der Waals surface area contributed by atoms with Gasteiger partial charge in [-0.15, -0.1) is 0 Å². The first kappa shape index (κ1) is 21.6. The quantitative estimate of drug-likeness (QED) is 0.712. The molecule has 0 N–H and O–H groups in total. The zero-order valence-corrected chi connectivity index (χ0v) is 18.4. The van der Waals surface area contributed by atoms with Crippen molar-refractivity contribution in [3.8, 4) is 0 Å². The van der Waals surface area contributed by atoms with Crippen LogP contribution in [0.1, 0.15) is 31.7 Å². The van der Waals surface area contributed by atoms with Crippen LogP contribution < -0.4 is 10.5 Å². The minimum atomic E-state index is -0.0931. The van der Waals surface area contributed by atoms with E-state index < -0.39 is 0 Å². The summed E-state index contributed by atoms with van der Waals surface area (Å²) >= 11 is 0. The van der Waals surface area contributed by atoms with Gasteiger partial charge in [-0.05, 0) is 31.4 Å². The zero-order chi connectivity index (χ0) is 21.6. The number of nitrogens with zero attached hydrogens (tertiary/aromatic N) is 5. The lowest BCUT2D eigenvalue weighted by Crippen LogP contribution is -2.51. The van der Waals surface area contributed by atoms with Crippen molar-refractivity contribution in [2.24, 2.45) is 5.92 Å². The summed E-state index contributed by atoms with van der Waals surface area (Å²) in [4.78, 5) is 32.2. The Morgan fingerprint density at radius 3 is 2.39 bits per heavy atom. The molecule has 2 aliphatic rings. The third-order valence-corrected chi connectivity index (χ3v) is 6.46. The van der Waals surface area contributed by atoms with Gasteiger partial charge in [-0.3, -0.25) is 14.5 Å². The molecule has 0 spiro atoms. The fourth-order valence-corrected chi connectivity index (χ4v) is 4.62. The van der Waals surface area contributed by atoms with E-state index >= 15 is 0 Å². The average molecular weight is 424 g/mol. The molecule has 2 fully saturated rings. The van der Waals surface area contributed by atoms with Crippen LogP contribution in [0, 0.1) is 5.92 Å². The Kier molecular flexibility index (Phi) is 7.02. The van der Waals surface area contributed by atoms with E-state index in [1.807, 2.05) is 30.3 Å². The summed E-state index contributed by atoms with van der Waals surface area (Å²) in [6.45, 7) is 9.05. The molecule has 0 atom stereocenters. The fourth-order valence-electron chi connectivity index (χ4n) is 4.62. The standard InChI is InChI=1S/C24H33N5O2/c1-2-10-26-13-15-28(16-14-26)24(31)21-8-11-27(12-9-21)22-17-23(30)29(25-18-22)19-20-6-4-3-5-7-20/h3-7,17-18,21H,2,8-16,19H2,1H3. The summed E-state index contributed by atoms with van der Waals surface area (Å²) in [5.74, 6) is 0.410. The third-order valence-electron chi connectivity index (χ3n) is 6.46. The van der Waals surface area contributed by atoms with Gasteiger partial charge in [0.25, 0.3) is 5.56 Å². The number of carbonyl (C=O) groups is 1. The van der Waals surface area contributed by atoms with Crippen LogP contribution in [0.4, 0.5) is 5.69 Å². The third kappa shape index (κ3) is 5.34. The number of rotatable bonds is 6. The highest BCUT2D eigenvalue weighted by atomic mass is 16.2. The number of piperazine rings is 1. The number of aromatic nitrogens is 2. The van der Waals surface area contributed by atoms with Crippen molar-refractivity contribution in [3.63, 3.8) is 0 Å². The first-order valence-corrected chi connectivity index (χ1v) is 11.5. The Bertz CT molecular complexity index is 913. The molecule has 4 rings (SSSR count). The Morgan fingerprint density at radius 2 is 1.74 bits per heavy atom. The first-order chi connectivity index (χ1) is 15.1. The predicted molar refractivity (Wildman–Crippen MR) is 122 cm³/mol. The SMILES string of the molecule is CCCN1CCN(C(=O)C2CCN(c3cnn(Cc4ccccc4)c(=O)c3)CC2)CC1. The molecule has 166 valence electrons. The van der Waals surface area contributed by atoms with E-state index in [1.54, 1.807) is 12.3 Å². The molecule has 2 aromatic rings. The smallest absolute Gasteiger partial charge is 0.269 e. The molecule has 2 saturated heterocycles. The summed E-state index contributed by atoms with van der Waals surface area (Å²) in [6, 6.07) is 11.5. The minimum absolute atomic E-state index is 0.0931. The van der Waals surface area contributed by atoms with Crippen LogP contribution in [0.3, 0.4) is 0 Å². The highest BCUT2D eigenvalue weighted by Gasteiger charge is 2.30. The Morgan fingerprint density at radius 1 is 1.03 bits per heavy atom. The lowest BCUT2D eigenvalue weighted by molar-refractivity contribution is -0.138. The zero-order valence-electron chi connectivity index (χ0n) is 18.4. The second-order valence-electron chi connectivity index (χ2n) is 8.62. The Labute approximate surface area is 184 Å². The second kappa shape index (κ2) is 10.1. The van der Waals surface area contributed by atoms with Gasteiger partial charge in [-0.1, -0.05) is 37.3 Å². The van der Waals surface area contributed by atoms with Gasteiger partial charge in [-0.25, -0.2) is 4.68 Å². The predicted octanol–water partition coefficient (Wildman–Crippen LogP) is 2.06. The minimum Gasteiger partial charge on any atom is -0.370 e. The van der Waals surface area contributed by atoms with Crippen molar-refractivity contribution in [2.45, 2.75) is 32.7 Å². The molecule has 0 bridgehead atoms. The number of hydrogen-bond donors (Lipinski definition) is 0. The van der Waals surface area contributed by atoms with E-state index in [1.165, 1.54) is 4.68 Å². The fraction of sp³-hybridized carbons (Fsp3) is 0.542. The van der Waals surface area contributed by atoms with Crippen LogP contribution >= 0.6 is 0 Å². The van der Waals surface area contributed by atoms with Crippen LogP contribution in [-0.4, -0.2) is 71.3 Å². The van der Waals surface area contributed by atoms with Gasteiger partial charge in [0.05, 0.1) is 18.4 Å². The molecule has 2 aliphatic heterocycles. The van der Waals surface area contributed by atoms with Gasteiger partial charge in [0.15, 0.2) is 0 Å². The number of hydrogen-bond acceptors (Lipinski definition) is 5. The molecular formula is C24H33N5O2. The van der Waals surface area contributed by atoms with Crippen molar-refractivity contribution in [3.05, 3.63) is 58.5 Å². The van der Waals surface area contributed by atoms with E-state index in [0.29, 0.717) is 12.5 Å². The van der Waals surface area contributed by atoms with E-state index in [0.717, 1.165) is 76.3 Å². The van der Waals surface area contributed by atoms with Crippen LogP contribution in [0.5, 0.6) is 0 Å². The summed E-state index contributed by atoms with van der Waals surface area (Å²) in [6.07, 6.45) is 4.61. The van der Waals surface area contributed by atoms with Crippen molar-refractivity contribution in [2.75, 3.05) is 50.7 Å². The monoisotopic (exact) mass is 423 g/mol. The van der Waals surface area contributed by atoms with E-state index in [9.17, 15) is 9.59 Å². The molecule has 3 heterocycles. The molecule has 1 aromatic heterocycles. The normalized spacial score (nSPS) is 18.4. The van der Waals surface area contributed by atoms with Crippen molar-refractivity contribution in [1.82, 2.24) is 19.6 Å². The first-order valence-electron chi connectivity index (χ1n) is 11.5. The molecule has 0 radical (unpaired) electrons. The van der Waals surface area contributed by atoms with Crippen LogP contribution in [0.25, 0.3) is 0 Å². The van der Waals surface area contributed by atoms with Gasteiger partial charge in [0, 0.05) is 51.3 Å². The largest absolute Gasteiger partial charge is 0.370 e. The molecule has 1 aromatic carbocycles. The molecule has 1 amide bonds. The Balaban J connectivity index is 1.30. The molecule has 0 aliphatic carbocycles. The maximum atomic E-state index is 13.0. The molecule has 31 heavy (non-hydrogen) atoms. The van der Waals surface area contributed by atoms with E-state index in [2.05, 4.69) is 26.7 Å². The summed E-state index contributed by atoms with van der Waals surface area (Å²) in [7, 11) is 0. The molecular weight excluding hydrogens is 390 g/mol. The average Bonchev–Trinajstić information content (AvgIpc) is 2.81. The van der Waals surface area contributed by atoms with Gasteiger partial charge in [0.1, 0.15) is 0 Å². The maximum absolute atomic E-state index is 13.0. The van der Waals surface area contributed by atoms with Crippen LogP contribution in [-0.2, 0) is 11.3 Å². The number of amides is 1. The molecule has 7 heteroatoms. The van der Waals surface area contributed by atoms with Crippen LogP contribution in [0.2, 0.25) is 0 Å². The van der Waals surface area contributed by atoms with Crippen molar-refractivity contribution in [1.29, 1.82) is 0 Å². The highest BCUT2D eigenvalue weighted by molar-refractivity contribution is 5.79. The van der Waals surface area contributed by atoms with E-state index in [-0.39, 0.29) is 11.5 Å². The number of anilines is 1. The Hall–Kier alpha value is -2.67. The topological polar surface area (TPSA) is 61.7 Å². The molecule has 7 nitrogen and oxygen atoms in total. The van der Waals surface area contributed by atoms with Gasteiger partial charge in [-0.2, -0.15) is 5.10 Å². The number of benzene rings is 1. The van der Waals surface area contributed by atoms with E-state index in [4.69, 9.17) is 0 Å². The maximum Gasteiger partial charge on any atom is 0.269 e. The lowest BCUT2D eigenvalue weighted by Gasteiger charge is -2.39. The van der Waals surface area contributed by atoms with Gasteiger partial charge < -0.3 is 9.80 Å². The summed E-state index contributed by atoms with van der Waals surface area (Å²) in [5.41, 5.74) is 1.82. The second-order valence-corrected chi connectivity index (χ2v) is 8.62. The van der Waals surface area contributed by atoms with Gasteiger partial charge >= 0.3 is 0 Å².